The van der Waals surface area contributed by atoms with E-state index in [-0.39, 0.29) is 70.0 Å². The van der Waals surface area contributed by atoms with Crippen molar-refractivity contribution in [3.63, 3.8) is 0 Å². The second kappa shape index (κ2) is 30.2. The maximum atomic E-state index is 12.1. The van der Waals surface area contributed by atoms with Crippen molar-refractivity contribution in [1.82, 2.24) is 70.2 Å². The Labute approximate surface area is 505 Å². The lowest BCUT2D eigenvalue weighted by Crippen LogP contribution is -2.31. The molecule has 4 amide bonds. The highest BCUT2D eigenvalue weighted by atomic mass is 79.9. The zero-order valence-corrected chi connectivity index (χ0v) is 49.7. The van der Waals surface area contributed by atoms with E-state index < -0.39 is 17.8 Å². The smallest absolute Gasteiger partial charge is 0.360 e. The molecule has 0 fully saturated rings. The van der Waals surface area contributed by atoms with Crippen LogP contribution in [0.5, 0.6) is 0 Å². The number of nitrogens with zero attached hydrogens (tertiary/aromatic N) is 13. The number of nitrogens with two attached hydrogens (primary N) is 5. The summed E-state index contributed by atoms with van der Waals surface area (Å²) in [5.74, 6) is 3.36. The van der Waals surface area contributed by atoms with E-state index in [0.717, 1.165) is 11.1 Å². The van der Waals surface area contributed by atoms with Gasteiger partial charge in [0.1, 0.15) is 4.60 Å². The first-order valence-electron chi connectivity index (χ1n) is 25.4. The molecular weight excluding hydrogens is 1190 g/mol. The molecule has 0 unspecified atom stereocenters. The highest BCUT2D eigenvalue weighted by Gasteiger charge is 2.20. The minimum Gasteiger partial charge on any atom is -0.464 e. The number of nitrogens with one attached hydrogen (secondary N) is 2. The number of hydrogen-bond donors (Lipinski definition) is 7. The van der Waals surface area contributed by atoms with Crippen LogP contribution in [0.15, 0.2) is 137 Å². The molecule has 0 saturated heterocycles. The molecule has 5 aromatic heterocycles. The standard InChI is InChI=1S/C22H21N7O2.C15H16N4O3.C14H16N6O2.C6H6BrN3O2/c1-29(2)21(30)16-10-8-15(9-11-16)17-13-24-19(23)18(26-17)20-27-28-22(31-20)25-12-14-6-4-3-5-7-14;1-19(2)14(20)10-6-4-9(5-7-10)11-8-17-13(16)12(18-11)15(21)22-3;1-20(2)14(22)9-5-3-8(4-6-9)10-7-17-12(15)11(18-10)13(21)19-16;1-12-6(11)4-5(8)9-2-3(7)10-4/h3-11,13H,12H2,1-2H3,(H2,23,24)(H,25,28);4-8H,1-3H3,(H2,16,17);3-7H,16H2,1-2H3,(H2,15,17)(H,19,21);2H,1H3,(H2,8,9). The van der Waals surface area contributed by atoms with Gasteiger partial charge in [-0.1, -0.05) is 71.8 Å². The van der Waals surface area contributed by atoms with Gasteiger partial charge in [0.05, 0.1) is 56.1 Å². The lowest BCUT2D eigenvalue weighted by Gasteiger charge is -2.10. The second-order valence-corrected chi connectivity index (χ2v) is 19.2. The number of halogens is 1. The van der Waals surface area contributed by atoms with Crippen molar-refractivity contribution in [2.24, 2.45) is 5.84 Å². The molecule has 12 N–H and O–H groups in total. The highest BCUT2D eigenvalue weighted by Crippen LogP contribution is 2.27. The number of carbonyl (C=O) groups excluding carboxylic acids is 6. The molecule has 0 aliphatic rings. The number of hydrazine groups is 1. The molecule has 87 heavy (non-hydrogen) atoms. The van der Waals surface area contributed by atoms with Crippen LogP contribution in [-0.2, 0) is 16.0 Å². The number of ether oxygens (including phenoxy) is 2. The Kier molecular flexibility index (Phi) is 22.5. The monoisotopic (exact) mass is 1250 g/mol. The van der Waals surface area contributed by atoms with Gasteiger partial charge in [-0.2, -0.15) is 0 Å². The van der Waals surface area contributed by atoms with Gasteiger partial charge >= 0.3 is 18.0 Å². The van der Waals surface area contributed by atoms with E-state index in [1.54, 1.807) is 121 Å². The lowest BCUT2D eigenvalue weighted by molar-refractivity contribution is 0.0586. The molecule has 0 saturated carbocycles. The Morgan fingerprint density at radius 1 is 0.506 bits per heavy atom. The van der Waals surface area contributed by atoms with Gasteiger partial charge in [-0.05, 0) is 57.9 Å². The number of methoxy groups -OCH3 is 2. The molecule has 9 rings (SSSR count). The Morgan fingerprint density at radius 2 is 0.897 bits per heavy atom. The molecule has 0 bridgehead atoms. The predicted octanol–water partition coefficient (Wildman–Crippen LogP) is 4.94. The molecule has 4 aromatic carbocycles. The maximum Gasteiger partial charge on any atom is 0.360 e. The van der Waals surface area contributed by atoms with Crippen LogP contribution in [0.25, 0.3) is 45.4 Å². The minimum absolute atomic E-state index is 0.00824. The van der Waals surface area contributed by atoms with E-state index in [1.165, 1.54) is 47.5 Å². The number of aromatic nitrogens is 10. The fourth-order valence-electron chi connectivity index (χ4n) is 7.17. The Hall–Kier alpha value is -11.4. The Morgan fingerprint density at radius 3 is 1.32 bits per heavy atom. The van der Waals surface area contributed by atoms with Gasteiger partial charge in [-0.25, -0.2) is 55.3 Å². The van der Waals surface area contributed by atoms with Crippen LogP contribution < -0.4 is 39.5 Å². The summed E-state index contributed by atoms with van der Waals surface area (Å²) >= 11 is 3.06. The summed E-state index contributed by atoms with van der Waals surface area (Å²) in [6.07, 6.45) is 5.88. The van der Waals surface area contributed by atoms with Gasteiger partial charge in [-0.3, -0.25) is 24.6 Å². The number of anilines is 5. The predicted molar refractivity (Wildman–Crippen MR) is 325 cm³/mol. The molecule has 0 aliphatic carbocycles. The third-order valence-electron chi connectivity index (χ3n) is 11.7. The molecule has 0 radical (unpaired) electrons. The zero-order chi connectivity index (χ0) is 63.5. The molecule has 30 heteroatoms. The number of esters is 2. The summed E-state index contributed by atoms with van der Waals surface area (Å²) in [7, 11) is 12.7. The van der Waals surface area contributed by atoms with E-state index in [4.69, 9.17) is 33.2 Å². The summed E-state index contributed by atoms with van der Waals surface area (Å²) in [6.45, 7) is 0.543. The summed E-state index contributed by atoms with van der Waals surface area (Å²) in [5, 5.41) is 11.1. The number of rotatable bonds is 13. The van der Waals surface area contributed by atoms with Crippen molar-refractivity contribution >= 4 is 80.8 Å². The molecule has 29 nitrogen and oxygen atoms in total. The molecule has 9 aromatic rings. The van der Waals surface area contributed by atoms with Crippen molar-refractivity contribution in [2.45, 2.75) is 6.54 Å². The number of amides is 4. The molecular formula is C57H59BrN20O9. The number of hydrogen-bond acceptors (Lipinski definition) is 25. The van der Waals surface area contributed by atoms with Crippen LogP contribution in [0.4, 0.5) is 29.3 Å². The van der Waals surface area contributed by atoms with Crippen LogP contribution in [0.3, 0.4) is 0 Å². The SMILES string of the molecule is CN(C)C(=O)c1ccc(-c2cnc(N)c(-c3nnc(NCc4ccccc4)o3)n2)cc1.CN(C)C(=O)c1ccc(-c2cnc(N)c(C(=O)NN)n2)cc1.COC(=O)c1nc(-c2ccc(C(=O)N(C)C)cc2)cnc1N.COC(=O)c1nc(Br)cnc1N. The van der Waals surface area contributed by atoms with Gasteiger partial charge in [0.2, 0.25) is 0 Å². The molecule has 0 atom stereocenters. The topological polar surface area (TPSA) is 427 Å². The quantitative estimate of drug-likeness (QED) is 0.0348. The van der Waals surface area contributed by atoms with E-state index in [1.807, 2.05) is 35.8 Å². The third-order valence-corrected chi connectivity index (χ3v) is 12.1. The van der Waals surface area contributed by atoms with Gasteiger partial charge in [0.25, 0.3) is 29.5 Å². The number of nitrogen functional groups attached to an aromatic ring is 5. The summed E-state index contributed by atoms with van der Waals surface area (Å²) in [6, 6.07) is 30.9. The average molecular weight is 1250 g/mol. The van der Waals surface area contributed by atoms with Crippen molar-refractivity contribution < 1.29 is 42.7 Å². The first kappa shape index (κ1) is 64.8. The van der Waals surface area contributed by atoms with Crippen molar-refractivity contribution in [3.8, 4) is 45.4 Å². The fraction of sp³-hybridized carbons (Fsp3) is 0.158. The molecule has 0 spiro atoms. The molecule has 5 heterocycles. The second-order valence-electron chi connectivity index (χ2n) is 18.4. The average Bonchev–Trinajstić information content (AvgIpc) is 4.14. The van der Waals surface area contributed by atoms with Crippen molar-refractivity contribution in [1.29, 1.82) is 0 Å². The Bertz CT molecular complexity index is 3770. The maximum absolute atomic E-state index is 12.1. The minimum atomic E-state index is -0.647. The van der Waals surface area contributed by atoms with Crippen LogP contribution in [0, 0.1) is 0 Å². The van der Waals surface area contributed by atoms with Crippen molar-refractivity contribution in [2.75, 3.05) is 84.8 Å². The van der Waals surface area contributed by atoms with Gasteiger partial charge < -0.3 is 56.8 Å². The number of carbonyl (C=O) groups is 6. The summed E-state index contributed by atoms with van der Waals surface area (Å²) in [4.78, 5) is 107. The normalized spacial score (nSPS) is 10.2. The van der Waals surface area contributed by atoms with Gasteiger partial charge in [0, 0.05) is 82.2 Å². The van der Waals surface area contributed by atoms with Crippen LogP contribution in [-0.4, -0.2) is 157 Å². The molecule has 448 valence electrons. The first-order valence-corrected chi connectivity index (χ1v) is 26.2. The fourth-order valence-corrected chi connectivity index (χ4v) is 7.44. The lowest BCUT2D eigenvalue weighted by atomic mass is 10.1. The Balaban J connectivity index is 0.000000194. The summed E-state index contributed by atoms with van der Waals surface area (Å²) < 4.78 is 15.2. The van der Waals surface area contributed by atoms with E-state index in [0.29, 0.717) is 61.7 Å². The highest BCUT2D eigenvalue weighted by molar-refractivity contribution is 9.10. The van der Waals surface area contributed by atoms with Crippen LogP contribution in [0.2, 0.25) is 0 Å². The largest absolute Gasteiger partial charge is 0.464 e. The van der Waals surface area contributed by atoms with Gasteiger partial charge in [-0.15, -0.1) is 5.10 Å². The van der Waals surface area contributed by atoms with Crippen molar-refractivity contribution in [3.05, 3.63) is 172 Å². The zero-order valence-electron chi connectivity index (χ0n) is 48.1. The first-order chi connectivity index (χ1) is 41.5. The molecule has 0 aliphatic heterocycles. The van der Waals surface area contributed by atoms with E-state index in [9.17, 15) is 28.8 Å². The van der Waals surface area contributed by atoms with E-state index in [2.05, 4.69) is 80.8 Å². The summed E-state index contributed by atoms with van der Waals surface area (Å²) in [5.41, 5.74) is 31.3. The third kappa shape index (κ3) is 17.3. The van der Waals surface area contributed by atoms with Gasteiger partial charge in [0.15, 0.2) is 46.0 Å². The van der Waals surface area contributed by atoms with E-state index >= 15 is 0 Å². The van der Waals surface area contributed by atoms with Crippen LogP contribution >= 0.6 is 15.9 Å². The van der Waals surface area contributed by atoms with Crippen LogP contribution in [0.1, 0.15) is 68.1 Å². The number of benzene rings is 4.